The van der Waals surface area contributed by atoms with Crippen LogP contribution in [0.3, 0.4) is 0 Å². The Morgan fingerprint density at radius 1 is 1.00 bits per heavy atom. The van der Waals surface area contributed by atoms with Crippen molar-refractivity contribution in [3.05, 3.63) is 88.7 Å². The van der Waals surface area contributed by atoms with E-state index >= 15 is 0 Å². The van der Waals surface area contributed by atoms with Crippen LogP contribution in [0.2, 0.25) is 0 Å². The van der Waals surface area contributed by atoms with Crippen molar-refractivity contribution in [1.82, 2.24) is 14.9 Å². The monoisotopic (exact) mass is 437 g/mol. The predicted molar refractivity (Wildman–Crippen MR) is 134 cm³/mol. The maximum absolute atomic E-state index is 13.3. The van der Waals surface area contributed by atoms with Crippen molar-refractivity contribution < 1.29 is 4.79 Å². The number of aromatic amines is 1. The van der Waals surface area contributed by atoms with E-state index in [0.717, 1.165) is 53.8 Å². The summed E-state index contributed by atoms with van der Waals surface area (Å²) in [6.45, 7) is 5.63. The number of H-pyrrole nitrogens is 1. The Hall–Kier alpha value is -3.40. The highest BCUT2D eigenvalue weighted by Gasteiger charge is 2.21. The number of nitrogens with one attached hydrogen (secondary N) is 1. The molecule has 0 bridgehead atoms. The number of rotatable bonds is 5. The molecule has 2 heterocycles. The van der Waals surface area contributed by atoms with Crippen LogP contribution in [-0.4, -0.2) is 27.3 Å². The first-order valence-electron chi connectivity index (χ1n) is 12.1. The van der Waals surface area contributed by atoms with Gasteiger partial charge in [0.1, 0.15) is 5.82 Å². The Balaban J connectivity index is 1.38. The molecule has 0 radical (unpaired) electrons. The van der Waals surface area contributed by atoms with E-state index in [1.54, 1.807) is 0 Å². The number of carbonyl (C=O) groups is 1. The van der Waals surface area contributed by atoms with Crippen molar-refractivity contribution in [3.8, 4) is 11.1 Å². The predicted octanol–water partition coefficient (Wildman–Crippen LogP) is 6.47. The highest BCUT2D eigenvalue weighted by molar-refractivity contribution is 5.94. The number of hydrogen-bond donors (Lipinski definition) is 1. The van der Waals surface area contributed by atoms with E-state index < -0.39 is 0 Å². The molecule has 1 aliphatic heterocycles. The maximum atomic E-state index is 13.3. The minimum absolute atomic E-state index is 0.128. The van der Waals surface area contributed by atoms with Gasteiger partial charge in [-0.2, -0.15) is 0 Å². The van der Waals surface area contributed by atoms with E-state index in [1.807, 2.05) is 24.0 Å². The Morgan fingerprint density at radius 2 is 1.79 bits per heavy atom. The summed E-state index contributed by atoms with van der Waals surface area (Å²) in [6.07, 6.45) is 5.45. The first-order chi connectivity index (χ1) is 16.1. The molecule has 33 heavy (non-hydrogen) atoms. The third kappa shape index (κ3) is 4.56. The smallest absolute Gasteiger partial charge is 0.254 e. The molecule has 4 nitrogen and oxygen atoms in total. The molecule has 3 aromatic carbocycles. The molecule has 168 valence electrons. The molecule has 1 amide bonds. The zero-order chi connectivity index (χ0) is 22.8. The summed E-state index contributed by atoms with van der Waals surface area (Å²) in [7, 11) is 0. The van der Waals surface area contributed by atoms with E-state index in [4.69, 9.17) is 0 Å². The van der Waals surface area contributed by atoms with Crippen LogP contribution in [0.4, 0.5) is 0 Å². The lowest BCUT2D eigenvalue weighted by atomic mass is 9.97. The molecule has 0 spiro atoms. The molecule has 4 heteroatoms. The van der Waals surface area contributed by atoms with Gasteiger partial charge in [0.2, 0.25) is 0 Å². The van der Waals surface area contributed by atoms with Crippen LogP contribution in [0.25, 0.3) is 22.2 Å². The molecule has 0 unspecified atom stereocenters. The van der Waals surface area contributed by atoms with E-state index in [9.17, 15) is 4.79 Å². The summed E-state index contributed by atoms with van der Waals surface area (Å²) in [5, 5.41) is 0. The van der Waals surface area contributed by atoms with Gasteiger partial charge in [-0.1, -0.05) is 43.7 Å². The number of fused-ring (bicyclic) bond motifs is 2. The Morgan fingerprint density at radius 3 is 2.61 bits per heavy atom. The second-order valence-corrected chi connectivity index (χ2v) is 9.17. The molecule has 1 aromatic heterocycles. The van der Waals surface area contributed by atoms with Crippen molar-refractivity contribution in [1.29, 1.82) is 0 Å². The number of unbranched alkanes of at least 4 members (excludes halogenated alkanes) is 1. The van der Waals surface area contributed by atoms with Gasteiger partial charge in [0.25, 0.3) is 5.91 Å². The Bertz CT molecular complexity index is 1290. The van der Waals surface area contributed by atoms with Crippen molar-refractivity contribution >= 4 is 16.9 Å². The molecule has 0 atom stereocenters. The summed E-state index contributed by atoms with van der Waals surface area (Å²) in [6, 6.07) is 21.3. The largest absolute Gasteiger partial charge is 0.342 e. The van der Waals surface area contributed by atoms with Gasteiger partial charge in [0, 0.05) is 18.7 Å². The normalized spacial score (nSPS) is 13.7. The highest BCUT2D eigenvalue weighted by Crippen LogP contribution is 2.28. The van der Waals surface area contributed by atoms with E-state index in [2.05, 4.69) is 65.4 Å². The number of hydrogen-bond acceptors (Lipinski definition) is 2. The van der Waals surface area contributed by atoms with Gasteiger partial charge in [0.05, 0.1) is 11.0 Å². The number of benzene rings is 3. The zero-order valence-corrected chi connectivity index (χ0v) is 19.5. The lowest BCUT2D eigenvalue weighted by Gasteiger charge is -2.21. The molecule has 0 saturated heterocycles. The van der Waals surface area contributed by atoms with E-state index in [-0.39, 0.29) is 5.91 Å². The van der Waals surface area contributed by atoms with Crippen molar-refractivity contribution in [2.24, 2.45) is 0 Å². The fraction of sp³-hybridized carbons (Fsp3) is 0.310. The van der Waals surface area contributed by atoms with Gasteiger partial charge >= 0.3 is 0 Å². The first-order valence-corrected chi connectivity index (χ1v) is 12.1. The van der Waals surface area contributed by atoms with Crippen LogP contribution in [0, 0.1) is 6.92 Å². The average molecular weight is 438 g/mol. The number of carbonyl (C=O) groups excluding carboxylic acids is 1. The quantitative estimate of drug-likeness (QED) is 0.389. The van der Waals surface area contributed by atoms with Crippen LogP contribution >= 0.6 is 0 Å². The van der Waals surface area contributed by atoms with Crippen LogP contribution in [0.15, 0.2) is 60.7 Å². The molecule has 1 N–H and O–H groups in total. The Labute approximate surface area is 195 Å². The number of imidazole rings is 1. The average Bonchev–Trinajstić information content (AvgIpc) is 3.08. The van der Waals surface area contributed by atoms with Crippen molar-refractivity contribution in [2.45, 2.75) is 52.5 Å². The van der Waals surface area contributed by atoms with Gasteiger partial charge in [-0.05, 0) is 90.8 Å². The first kappa shape index (κ1) is 21.4. The molecular formula is C29H31N3O. The van der Waals surface area contributed by atoms with Crippen LogP contribution in [0.5, 0.6) is 0 Å². The summed E-state index contributed by atoms with van der Waals surface area (Å²) in [5.74, 6) is 1.06. The lowest BCUT2D eigenvalue weighted by Crippen LogP contribution is -2.30. The SMILES string of the molecule is CCCCc1ccc(C(=O)N2CCCc3ccc(-c4ccc5[nH]c(C)nc5c4)cc3C2)cc1. The third-order valence-electron chi connectivity index (χ3n) is 6.68. The third-order valence-corrected chi connectivity index (χ3v) is 6.68. The van der Waals surface area contributed by atoms with E-state index in [1.165, 1.54) is 35.1 Å². The summed E-state index contributed by atoms with van der Waals surface area (Å²) < 4.78 is 0. The molecular weight excluding hydrogens is 406 g/mol. The summed E-state index contributed by atoms with van der Waals surface area (Å²) >= 11 is 0. The molecule has 0 aliphatic carbocycles. The van der Waals surface area contributed by atoms with Gasteiger partial charge in [0.15, 0.2) is 0 Å². The zero-order valence-electron chi connectivity index (χ0n) is 19.5. The van der Waals surface area contributed by atoms with Crippen LogP contribution in [0.1, 0.15) is 59.1 Å². The minimum Gasteiger partial charge on any atom is -0.342 e. The molecule has 0 fully saturated rings. The standard InChI is InChI=1S/C29H31N3O/c1-3-4-6-21-8-10-23(11-9-21)29(33)32-16-5-7-22-12-13-24(17-26(22)19-32)25-14-15-27-28(18-25)31-20(2)30-27/h8-15,17-18H,3-7,16,19H2,1-2H3,(H,30,31). The molecule has 5 rings (SSSR count). The Kier molecular flexibility index (Phi) is 5.99. The van der Waals surface area contributed by atoms with Gasteiger partial charge in [-0.3, -0.25) is 4.79 Å². The number of aromatic nitrogens is 2. The fourth-order valence-electron chi connectivity index (χ4n) is 4.81. The molecule has 1 aliphatic rings. The summed E-state index contributed by atoms with van der Waals surface area (Å²) in [4.78, 5) is 23.2. The second-order valence-electron chi connectivity index (χ2n) is 9.17. The van der Waals surface area contributed by atoms with E-state index in [0.29, 0.717) is 6.54 Å². The minimum atomic E-state index is 0.128. The second kappa shape index (κ2) is 9.22. The number of nitrogens with zero attached hydrogens (tertiary/aromatic N) is 2. The summed E-state index contributed by atoms with van der Waals surface area (Å²) in [5.41, 5.74) is 9.06. The number of aryl methyl sites for hydroxylation is 3. The van der Waals surface area contributed by atoms with Crippen LogP contribution in [-0.2, 0) is 19.4 Å². The maximum Gasteiger partial charge on any atom is 0.254 e. The van der Waals surface area contributed by atoms with Gasteiger partial charge in [-0.25, -0.2) is 4.98 Å². The highest BCUT2D eigenvalue weighted by atomic mass is 16.2. The number of amides is 1. The van der Waals surface area contributed by atoms with Crippen molar-refractivity contribution in [2.75, 3.05) is 6.54 Å². The molecule has 4 aromatic rings. The topological polar surface area (TPSA) is 49.0 Å². The van der Waals surface area contributed by atoms with Crippen molar-refractivity contribution in [3.63, 3.8) is 0 Å². The fourth-order valence-corrected chi connectivity index (χ4v) is 4.81. The van der Waals surface area contributed by atoms with Gasteiger partial charge in [-0.15, -0.1) is 0 Å². The van der Waals surface area contributed by atoms with Gasteiger partial charge < -0.3 is 9.88 Å². The lowest BCUT2D eigenvalue weighted by molar-refractivity contribution is 0.0746. The molecule has 0 saturated carbocycles. The van der Waals surface area contributed by atoms with Crippen LogP contribution < -0.4 is 0 Å².